The minimum absolute atomic E-state index is 0.657. The van der Waals surface area contributed by atoms with Crippen molar-refractivity contribution in [3.8, 4) is 0 Å². The minimum Gasteiger partial charge on any atom is -0.381 e. The van der Waals surface area contributed by atoms with E-state index >= 15 is 0 Å². The first-order valence-electron chi connectivity index (χ1n) is 5.03. The number of hydrogen-bond donors (Lipinski definition) is 1. The van der Waals surface area contributed by atoms with Gasteiger partial charge in [0.1, 0.15) is 0 Å². The SMILES string of the molecule is CC1CCCC1Nc1cccnc1. The number of pyridine rings is 1. The zero-order valence-electron chi connectivity index (χ0n) is 8.03. The highest BCUT2D eigenvalue weighted by atomic mass is 14.9. The zero-order chi connectivity index (χ0) is 9.10. The molecule has 1 aliphatic rings. The predicted molar refractivity (Wildman–Crippen MR) is 54.7 cm³/mol. The molecule has 0 aliphatic heterocycles. The molecule has 2 heteroatoms. The van der Waals surface area contributed by atoms with Gasteiger partial charge >= 0.3 is 0 Å². The maximum Gasteiger partial charge on any atom is 0.0528 e. The Labute approximate surface area is 79.4 Å². The summed E-state index contributed by atoms with van der Waals surface area (Å²) in [4.78, 5) is 4.09. The van der Waals surface area contributed by atoms with E-state index in [4.69, 9.17) is 0 Å². The van der Waals surface area contributed by atoms with Gasteiger partial charge in [0.25, 0.3) is 0 Å². The quantitative estimate of drug-likeness (QED) is 0.749. The van der Waals surface area contributed by atoms with E-state index in [0.29, 0.717) is 6.04 Å². The average Bonchev–Trinajstić information content (AvgIpc) is 2.54. The van der Waals surface area contributed by atoms with Gasteiger partial charge in [-0.25, -0.2) is 0 Å². The van der Waals surface area contributed by atoms with Crippen molar-refractivity contribution < 1.29 is 0 Å². The van der Waals surface area contributed by atoms with Crippen molar-refractivity contribution >= 4 is 5.69 Å². The van der Waals surface area contributed by atoms with Crippen molar-refractivity contribution in [1.29, 1.82) is 0 Å². The highest BCUT2D eigenvalue weighted by Crippen LogP contribution is 2.27. The fraction of sp³-hybridized carbons (Fsp3) is 0.545. The van der Waals surface area contributed by atoms with Crippen molar-refractivity contribution in [3.05, 3.63) is 24.5 Å². The number of nitrogens with one attached hydrogen (secondary N) is 1. The van der Waals surface area contributed by atoms with Crippen molar-refractivity contribution in [3.63, 3.8) is 0 Å². The molecule has 2 unspecified atom stereocenters. The van der Waals surface area contributed by atoms with Crippen molar-refractivity contribution in [1.82, 2.24) is 4.98 Å². The lowest BCUT2D eigenvalue weighted by Gasteiger charge is -2.17. The molecule has 2 rings (SSSR count). The van der Waals surface area contributed by atoms with Gasteiger partial charge in [0.15, 0.2) is 0 Å². The summed E-state index contributed by atoms with van der Waals surface area (Å²) >= 11 is 0. The van der Waals surface area contributed by atoms with Gasteiger partial charge in [0.05, 0.1) is 5.69 Å². The van der Waals surface area contributed by atoms with Gasteiger partial charge in [-0.2, -0.15) is 0 Å². The van der Waals surface area contributed by atoms with Crippen LogP contribution in [0.2, 0.25) is 0 Å². The molecule has 13 heavy (non-hydrogen) atoms. The molecule has 1 heterocycles. The van der Waals surface area contributed by atoms with Gasteiger partial charge in [-0.15, -0.1) is 0 Å². The van der Waals surface area contributed by atoms with E-state index < -0.39 is 0 Å². The van der Waals surface area contributed by atoms with Crippen LogP contribution in [0.3, 0.4) is 0 Å². The Bertz CT molecular complexity index is 258. The third kappa shape index (κ3) is 2.00. The lowest BCUT2D eigenvalue weighted by molar-refractivity contribution is 0.556. The molecule has 0 aromatic carbocycles. The summed E-state index contributed by atoms with van der Waals surface area (Å²) < 4.78 is 0. The molecule has 1 fully saturated rings. The molecule has 1 saturated carbocycles. The number of hydrogen-bond acceptors (Lipinski definition) is 2. The Balaban J connectivity index is 1.98. The molecule has 2 atom stereocenters. The first-order valence-corrected chi connectivity index (χ1v) is 5.03. The van der Waals surface area contributed by atoms with Gasteiger partial charge in [-0.05, 0) is 30.9 Å². The van der Waals surface area contributed by atoms with Crippen LogP contribution in [0.15, 0.2) is 24.5 Å². The molecule has 1 aromatic rings. The Morgan fingerprint density at radius 1 is 1.46 bits per heavy atom. The van der Waals surface area contributed by atoms with Crippen LogP contribution in [0, 0.1) is 5.92 Å². The Kier molecular flexibility index (Phi) is 2.48. The molecule has 1 N–H and O–H groups in total. The van der Waals surface area contributed by atoms with Gasteiger partial charge in [0, 0.05) is 18.4 Å². The highest BCUT2D eigenvalue weighted by Gasteiger charge is 2.22. The third-order valence-electron chi connectivity index (χ3n) is 2.88. The van der Waals surface area contributed by atoms with Crippen LogP contribution < -0.4 is 5.32 Å². The molecule has 0 bridgehead atoms. The average molecular weight is 176 g/mol. The maximum absolute atomic E-state index is 4.09. The van der Waals surface area contributed by atoms with Crippen LogP contribution in [-0.2, 0) is 0 Å². The number of anilines is 1. The van der Waals surface area contributed by atoms with E-state index in [1.807, 2.05) is 18.5 Å². The van der Waals surface area contributed by atoms with Crippen molar-refractivity contribution in [2.24, 2.45) is 5.92 Å². The number of rotatable bonds is 2. The molecule has 2 nitrogen and oxygen atoms in total. The molecule has 70 valence electrons. The van der Waals surface area contributed by atoms with Crippen molar-refractivity contribution in [2.45, 2.75) is 32.2 Å². The Morgan fingerprint density at radius 3 is 3.00 bits per heavy atom. The molecule has 1 aromatic heterocycles. The van der Waals surface area contributed by atoms with E-state index in [-0.39, 0.29) is 0 Å². The lowest BCUT2D eigenvalue weighted by Crippen LogP contribution is -2.21. The summed E-state index contributed by atoms with van der Waals surface area (Å²) in [5.41, 5.74) is 1.15. The summed E-state index contributed by atoms with van der Waals surface area (Å²) in [6.07, 6.45) is 7.72. The molecule has 0 amide bonds. The molecule has 0 radical (unpaired) electrons. The van der Waals surface area contributed by atoms with Crippen LogP contribution in [0.25, 0.3) is 0 Å². The smallest absolute Gasteiger partial charge is 0.0528 e. The molecular formula is C11H16N2. The summed E-state index contributed by atoms with van der Waals surface area (Å²) in [6.45, 7) is 2.32. The van der Waals surface area contributed by atoms with Crippen LogP contribution >= 0.6 is 0 Å². The van der Waals surface area contributed by atoms with E-state index in [1.165, 1.54) is 19.3 Å². The second kappa shape index (κ2) is 3.77. The summed E-state index contributed by atoms with van der Waals surface area (Å²) in [5, 5.41) is 3.53. The lowest BCUT2D eigenvalue weighted by atomic mass is 10.1. The van der Waals surface area contributed by atoms with Crippen LogP contribution in [0.4, 0.5) is 5.69 Å². The summed E-state index contributed by atoms with van der Waals surface area (Å²) in [6, 6.07) is 4.71. The fourth-order valence-electron chi connectivity index (χ4n) is 2.02. The van der Waals surface area contributed by atoms with Gasteiger partial charge < -0.3 is 5.32 Å². The zero-order valence-corrected chi connectivity index (χ0v) is 8.03. The first kappa shape index (κ1) is 8.54. The largest absolute Gasteiger partial charge is 0.381 e. The monoisotopic (exact) mass is 176 g/mol. The number of nitrogens with zero attached hydrogens (tertiary/aromatic N) is 1. The highest BCUT2D eigenvalue weighted by molar-refractivity contribution is 5.41. The van der Waals surface area contributed by atoms with Gasteiger partial charge in [0.2, 0.25) is 0 Å². The topological polar surface area (TPSA) is 24.9 Å². The predicted octanol–water partition coefficient (Wildman–Crippen LogP) is 2.68. The van der Waals surface area contributed by atoms with E-state index in [9.17, 15) is 0 Å². The standard InChI is InChI=1S/C11H16N2/c1-9-4-2-6-11(9)13-10-5-3-7-12-8-10/h3,5,7-9,11,13H,2,4,6H2,1H3. The molecule has 0 saturated heterocycles. The molecular weight excluding hydrogens is 160 g/mol. The second-order valence-corrected chi connectivity index (χ2v) is 3.90. The number of aromatic nitrogens is 1. The molecule has 1 aliphatic carbocycles. The van der Waals surface area contributed by atoms with Crippen LogP contribution in [-0.4, -0.2) is 11.0 Å². The Hall–Kier alpha value is -1.05. The maximum atomic E-state index is 4.09. The minimum atomic E-state index is 0.657. The van der Waals surface area contributed by atoms with E-state index in [2.05, 4.69) is 23.3 Å². The van der Waals surface area contributed by atoms with Crippen molar-refractivity contribution in [2.75, 3.05) is 5.32 Å². The third-order valence-corrected chi connectivity index (χ3v) is 2.88. The van der Waals surface area contributed by atoms with Crippen LogP contribution in [0.1, 0.15) is 26.2 Å². The summed E-state index contributed by atoms with van der Waals surface area (Å²) in [7, 11) is 0. The van der Waals surface area contributed by atoms with Gasteiger partial charge in [-0.1, -0.05) is 13.3 Å². The normalized spacial score (nSPS) is 27.5. The fourth-order valence-corrected chi connectivity index (χ4v) is 2.02. The van der Waals surface area contributed by atoms with E-state index in [0.717, 1.165) is 11.6 Å². The first-order chi connectivity index (χ1) is 6.36. The van der Waals surface area contributed by atoms with E-state index in [1.54, 1.807) is 0 Å². The van der Waals surface area contributed by atoms with Gasteiger partial charge in [-0.3, -0.25) is 4.98 Å². The second-order valence-electron chi connectivity index (χ2n) is 3.90. The summed E-state index contributed by atoms with van der Waals surface area (Å²) in [5.74, 6) is 0.806. The Morgan fingerprint density at radius 2 is 2.38 bits per heavy atom. The molecule has 0 spiro atoms. The van der Waals surface area contributed by atoms with Crippen LogP contribution in [0.5, 0.6) is 0 Å².